The van der Waals surface area contributed by atoms with Crippen LogP contribution in [0.4, 0.5) is 4.79 Å². The molecule has 7 heteroatoms. The van der Waals surface area contributed by atoms with Crippen molar-refractivity contribution in [3.05, 3.63) is 42.5 Å². The Bertz CT molecular complexity index is 499. The van der Waals surface area contributed by atoms with Gasteiger partial charge in [-0.3, -0.25) is 10.1 Å². The fraction of sp³-hybridized carbons (Fsp3) is 0.154. The third-order valence-corrected chi connectivity index (χ3v) is 2.01. The summed E-state index contributed by atoms with van der Waals surface area (Å²) in [4.78, 5) is 32.4. The minimum atomic E-state index is -1.27. The summed E-state index contributed by atoms with van der Waals surface area (Å²) in [6.45, 7) is 0.452. The maximum atomic E-state index is 11.2. The number of carbonyl (C=O) groups is 3. The largest absolute Gasteiger partial charge is 0.492 e. The first kappa shape index (κ1) is 15.2. The van der Waals surface area contributed by atoms with Gasteiger partial charge in [0.05, 0.1) is 6.54 Å². The molecule has 0 unspecified atom stereocenters. The van der Waals surface area contributed by atoms with Crippen LogP contribution in [0.2, 0.25) is 0 Å². The minimum absolute atomic E-state index is 0.205. The molecule has 0 bridgehead atoms. The standard InChI is InChI=1S/C13H14N2O5/c16-11(6-7-12(17)18)15-13(19)14-8-9-20-10-4-2-1-3-5-10/h1-7H,8-9H2,(H,17,18)(H2,14,15,16,19). The Balaban J connectivity index is 2.17. The van der Waals surface area contributed by atoms with Crippen LogP contribution in [0.1, 0.15) is 0 Å². The van der Waals surface area contributed by atoms with Crippen molar-refractivity contribution >= 4 is 17.9 Å². The molecule has 1 aromatic rings. The zero-order chi connectivity index (χ0) is 14.8. The Morgan fingerprint density at radius 2 is 1.85 bits per heavy atom. The number of para-hydroxylation sites is 1. The Hall–Kier alpha value is -2.83. The minimum Gasteiger partial charge on any atom is -0.492 e. The number of benzene rings is 1. The summed E-state index contributed by atoms with van der Waals surface area (Å²) in [5.41, 5.74) is 0. The number of nitrogens with one attached hydrogen (secondary N) is 2. The van der Waals surface area contributed by atoms with Gasteiger partial charge >= 0.3 is 12.0 Å². The average molecular weight is 278 g/mol. The number of amides is 3. The summed E-state index contributed by atoms with van der Waals surface area (Å²) in [5.74, 6) is -1.40. The lowest BCUT2D eigenvalue weighted by atomic mass is 10.3. The lowest BCUT2D eigenvalue weighted by Gasteiger charge is -2.07. The van der Waals surface area contributed by atoms with Crippen molar-refractivity contribution in [3.63, 3.8) is 0 Å². The number of carboxylic acid groups (broad SMARTS) is 1. The Kier molecular flexibility index (Phi) is 6.32. The number of ether oxygens (including phenoxy) is 1. The zero-order valence-electron chi connectivity index (χ0n) is 10.5. The maximum Gasteiger partial charge on any atom is 0.328 e. The van der Waals surface area contributed by atoms with Gasteiger partial charge in [-0.1, -0.05) is 18.2 Å². The van der Waals surface area contributed by atoms with Gasteiger partial charge in [0.1, 0.15) is 12.4 Å². The highest BCUT2D eigenvalue weighted by atomic mass is 16.5. The predicted molar refractivity (Wildman–Crippen MR) is 70.3 cm³/mol. The van der Waals surface area contributed by atoms with E-state index < -0.39 is 17.9 Å². The molecule has 0 aliphatic carbocycles. The van der Waals surface area contributed by atoms with E-state index in [1.165, 1.54) is 0 Å². The fourth-order valence-electron chi connectivity index (χ4n) is 1.19. The van der Waals surface area contributed by atoms with Gasteiger partial charge < -0.3 is 15.2 Å². The highest BCUT2D eigenvalue weighted by molar-refractivity contribution is 6.02. The number of hydrogen-bond acceptors (Lipinski definition) is 4. The lowest BCUT2D eigenvalue weighted by Crippen LogP contribution is -2.40. The zero-order valence-corrected chi connectivity index (χ0v) is 10.5. The molecular weight excluding hydrogens is 264 g/mol. The maximum absolute atomic E-state index is 11.2. The first-order valence-electron chi connectivity index (χ1n) is 5.75. The fourth-order valence-corrected chi connectivity index (χ4v) is 1.19. The van der Waals surface area contributed by atoms with Gasteiger partial charge in [-0.2, -0.15) is 0 Å². The summed E-state index contributed by atoms with van der Waals surface area (Å²) < 4.78 is 5.32. The molecule has 0 heterocycles. The van der Waals surface area contributed by atoms with E-state index in [0.717, 1.165) is 6.08 Å². The van der Waals surface area contributed by atoms with Crippen LogP contribution in [0.25, 0.3) is 0 Å². The molecule has 7 nitrogen and oxygen atoms in total. The molecule has 20 heavy (non-hydrogen) atoms. The molecule has 0 saturated heterocycles. The number of imide groups is 1. The van der Waals surface area contributed by atoms with Crippen LogP contribution in [-0.2, 0) is 9.59 Å². The predicted octanol–water partition coefficient (Wildman–Crippen LogP) is 0.532. The highest BCUT2D eigenvalue weighted by Gasteiger charge is 2.04. The van der Waals surface area contributed by atoms with E-state index in [1.807, 2.05) is 23.5 Å². The number of carboxylic acids is 1. The summed E-state index contributed by atoms with van der Waals surface area (Å²) in [5, 5.41) is 12.6. The molecule has 0 spiro atoms. The van der Waals surface area contributed by atoms with E-state index >= 15 is 0 Å². The van der Waals surface area contributed by atoms with Crippen molar-refractivity contribution < 1.29 is 24.2 Å². The molecule has 0 fully saturated rings. The van der Waals surface area contributed by atoms with Crippen molar-refractivity contribution in [2.45, 2.75) is 0 Å². The molecule has 0 aliphatic heterocycles. The van der Waals surface area contributed by atoms with E-state index in [2.05, 4.69) is 5.32 Å². The van der Waals surface area contributed by atoms with Crippen LogP contribution in [0.3, 0.4) is 0 Å². The van der Waals surface area contributed by atoms with Gasteiger partial charge in [-0.25, -0.2) is 9.59 Å². The van der Waals surface area contributed by atoms with Gasteiger partial charge in [0.25, 0.3) is 5.91 Å². The van der Waals surface area contributed by atoms with Crippen molar-refractivity contribution in [3.8, 4) is 5.75 Å². The van der Waals surface area contributed by atoms with Crippen LogP contribution >= 0.6 is 0 Å². The molecule has 0 saturated carbocycles. The Morgan fingerprint density at radius 3 is 2.50 bits per heavy atom. The molecular formula is C13H14N2O5. The van der Waals surface area contributed by atoms with Crippen molar-refractivity contribution in [1.82, 2.24) is 10.6 Å². The quantitative estimate of drug-likeness (QED) is 0.520. The number of urea groups is 1. The summed E-state index contributed by atoms with van der Waals surface area (Å²) >= 11 is 0. The monoisotopic (exact) mass is 278 g/mol. The molecule has 0 radical (unpaired) electrons. The van der Waals surface area contributed by atoms with E-state index in [9.17, 15) is 14.4 Å². The third kappa shape index (κ3) is 6.80. The number of carbonyl (C=O) groups excluding carboxylic acids is 2. The summed E-state index contributed by atoms with van der Waals surface area (Å²) in [6, 6.07) is 8.34. The van der Waals surface area contributed by atoms with Crippen molar-refractivity contribution in [1.29, 1.82) is 0 Å². The molecule has 0 aliphatic rings. The lowest BCUT2D eigenvalue weighted by molar-refractivity contribution is -0.131. The van der Waals surface area contributed by atoms with Gasteiger partial charge in [-0.15, -0.1) is 0 Å². The molecule has 106 valence electrons. The summed E-state index contributed by atoms with van der Waals surface area (Å²) in [7, 11) is 0. The van der Waals surface area contributed by atoms with Crippen LogP contribution < -0.4 is 15.4 Å². The molecule has 0 atom stereocenters. The number of hydrogen-bond donors (Lipinski definition) is 3. The average Bonchev–Trinajstić information content (AvgIpc) is 2.42. The number of aliphatic carboxylic acids is 1. The topological polar surface area (TPSA) is 105 Å². The second-order valence-electron chi connectivity index (χ2n) is 3.58. The Labute approximate surface area is 115 Å². The van der Waals surface area contributed by atoms with E-state index in [0.29, 0.717) is 11.8 Å². The smallest absolute Gasteiger partial charge is 0.328 e. The van der Waals surface area contributed by atoms with Crippen molar-refractivity contribution in [2.24, 2.45) is 0 Å². The summed E-state index contributed by atoms with van der Waals surface area (Å²) in [6.07, 6.45) is 1.39. The van der Waals surface area contributed by atoms with Gasteiger partial charge in [0.15, 0.2) is 0 Å². The van der Waals surface area contributed by atoms with Crippen LogP contribution in [-0.4, -0.2) is 36.2 Å². The highest BCUT2D eigenvalue weighted by Crippen LogP contribution is 2.07. The number of rotatable bonds is 6. The van der Waals surface area contributed by atoms with Gasteiger partial charge in [-0.05, 0) is 12.1 Å². The Morgan fingerprint density at radius 1 is 1.15 bits per heavy atom. The normalized spacial score (nSPS) is 10.0. The molecule has 1 aromatic carbocycles. The molecule has 1 rings (SSSR count). The van der Waals surface area contributed by atoms with Gasteiger partial charge in [0.2, 0.25) is 0 Å². The molecule has 0 aromatic heterocycles. The molecule has 3 amide bonds. The van der Waals surface area contributed by atoms with Crippen molar-refractivity contribution in [2.75, 3.05) is 13.2 Å². The van der Waals surface area contributed by atoms with E-state index in [-0.39, 0.29) is 13.2 Å². The first-order valence-corrected chi connectivity index (χ1v) is 5.75. The second-order valence-corrected chi connectivity index (χ2v) is 3.58. The first-order chi connectivity index (χ1) is 9.58. The van der Waals surface area contributed by atoms with E-state index in [4.69, 9.17) is 9.84 Å². The van der Waals surface area contributed by atoms with Crippen LogP contribution in [0.5, 0.6) is 5.75 Å². The van der Waals surface area contributed by atoms with Gasteiger partial charge in [0, 0.05) is 12.2 Å². The van der Waals surface area contributed by atoms with E-state index in [1.54, 1.807) is 12.1 Å². The third-order valence-electron chi connectivity index (χ3n) is 2.01. The SMILES string of the molecule is O=C(O)C=CC(=O)NC(=O)NCCOc1ccccc1. The van der Waals surface area contributed by atoms with Crippen LogP contribution in [0, 0.1) is 0 Å². The molecule has 3 N–H and O–H groups in total. The van der Waals surface area contributed by atoms with Crippen LogP contribution in [0.15, 0.2) is 42.5 Å². The second kappa shape index (κ2) is 8.30.